The summed E-state index contributed by atoms with van der Waals surface area (Å²) in [4.78, 5) is 44.1. The summed E-state index contributed by atoms with van der Waals surface area (Å²) < 4.78 is 10.2. The van der Waals surface area contributed by atoms with E-state index in [1.54, 1.807) is 25.1 Å². The highest BCUT2D eigenvalue weighted by Gasteiger charge is 2.41. The quantitative estimate of drug-likeness (QED) is 0.498. The van der Waals surface area contributed by atoms with E-state index >= 15 is 0 Å². The largest absolute Gasteiger partial charge is 0.466 e. The van der Waals surface area contributed by atoms with Gasteiger partial charge in [0.15, 0.2) is 0 Å². The molecule has 1 fully saturated rings. The van der Waals surface area contributed by atoms with Crippen molar-refractivity contribution >= 4 is 41.0 Å². The number of piperazine rings is 1. The first-order chi connectivity index (χ1) is 19.7. The molecule has 1 aliphatic carbocycles. The number of dihydropyridines is 1. The van der Waals surface area contributed by atoms with E-state index < -0.39 is 17.9 Å². The van der Waals surface area contributed by atoms with E-state index in [0.717, 1.165) is 25.9 Å². The van der Waals surface area contributed by atoms with Crippen molar-refractivity contribution in [2.45, 2.75) is 38.1 Å². The lowest BCUT2D eigenvalue weighted by Crippen LogP contribution is -2.52. The number of carbonyl (C=O) groups excluding carboxylic acids is 3. The summed E-state index contributed by atoms with van der Waals surface area (Å²) in [6.07, 6.45) is 1.98. The van der Waals surface area contributed by atoms with Gasteiger partial charge in [0.25, 0.3) is 0 Å². The molecular weight excluding hydrogens is 565 g/mol. The fourth-order valence-electron chi connectivity index (χ4n) is 6.24. The number of nitrogens with one attached hydrogen (secondary N) is 1. The normalized spacial score (nSPS) is 19.6. The van der Waals surface area contributed by atoms with Crippen LogP contribution in [0.2, 0.25) is 10.0 Å². The van der Waals surface area contributed by atoms with E-state index in [2.05, 4.69) is 34.5 Å². The number of benzene rings is 2. The van der Waals surface area contributed by atoms with Crippen LogP contribution in [0.25, 0.3) is 0 Å². The number of hydrogen-bond donors (Lipinski definition) is 1. The molecule has 2 aliphatic heterocycles. The van der Waals surface area contributed by atoms with Crippen LogP contribution in [0.5, 0.6) is 0 Å². The van der Waals surface area contributed by atoms with E-state index in [9.17, 15) is 14.4 Å². The van der Waals surface area contributed by atoms with E-state index in [0.29, 0.717) is 36.1 Å². The SMILES string of the molecule is COC(=O)C1=C(C)NC(CC(=O)N2CCN(C3Cc4ccccc4C3)CC2)=C(C(=O)OC)C1c1c(Cl)cccc1Cl. The van der Waals surface area contributed by atoms with Gasteiger partial charge in [-0.2, -0.15) is 0 Å². The molecule has 0 saturated carbocycles. The Morgan fingerprint density at radius 3 is 1.98 bits per heavy atom. The molecule has 0 bridgehead atoms. The monoisotopic (exact) mass is 597 g/mol. The predicted octanol–water partition coefficient (Wildman–Crippen LogP) is 4.26. The highest BCUT2D eigenvalue weighted by Crippen LogP contribution is 2.45. The molecule has 1 N–H and O–H groups in total. The molecule has 8 nitrogen and oxygen atoms in total. The van der Waals surface area contributed by atoms with Gasteiger partial charge in [-0.25, -0.2) is 9.59 Å². The van der Waals surface area contributed by atoms with Crippen LogP contribution in [0.3, 0.4) is 0 Å². The summed E-state index contributed by atoms with van der Waals surface area (Å²) in [5, 5.41) is 3.68. The molecule has 2 aromatic carbocycles. The van der Waals surface area contributed by atoms with Crippen LogP contribution in [0.15, 0.2) is 65.0 Å². The lowest BCUT2D eigenvalue weighted by molar-refractivity contribution is -0.137. The number of esters is 2. The number of hydrogen-bond acceptors (Lipinski definition) is 7. The molecule has 5 rings (SSSR count). The second-order valence-electron chi connectivity index (χ2n) is 10.5. The number of halogens is 2. The van der Waals surface area contributed by atoms with Crippen LogP contribution in [0.1, 0.15) is 36.0 Å². The molecule has 2 heterocycles. The van der Waals surface area contributed by atoms with Gasteiger partial charge < -0.3 is 19.7 Å². The van der Waals surface area contributed by atoms with Crippen LogP contribution < -0.4 is 5.32 Å². The van der Waals surface area contributed by atoms with Gasteiger partial charge in [0.05, 0.1) is 37.7 Å². The first-order valence-electron chi connectivity index (χ1n) is 13.6. The maximum absolute atomic E-state index is 13.6. The maximum Gasteiger partial charge on any atom is 0.336 e. The van der Waals surface area contributed by atoms with E-state index in [-0.39, 0.29) is 33.5 Å². The smallest absolute Gasteiger partial charge is 0.336 e. The summed E-state index contributed by atoms with van der Waals surface area (Å²) in [6.45, 7) is 4.44. The average Bonchev–Trinajstić information content (AvgIpc) is 3.41. The second-order valence-corrected chi connectivity index (χ2v) is 11.3. The Morgan fingerprint density at radius 1 is 0.854 bits per heavy atom. The molecule has 41 heavy (non-hydrogen) atoms. The summed E-state index contributed by atoms with van der Waals surface area (Å²) in [6, 6.07) is 14.0. The molecule has 1 amide bonds. The third kappa shape index (κ3) is 5.73. The minimum absolute atomic E-state index is 0.0797. The van der Waals surface area contributed by atoms with Crippen molar-refractivity contribution in [3.05, 3.63) is 91.7 Å². The second kappa shape index (κ2) is 12.3. The Morgan fingerprint density at radius 2 is 1.41 bits per heavy atom. The molecule has 2 aromatic rings. The average molecular weight is 599 g/mol. The topological polar surface area (TPSA) is 88.2 Å². The first kappa shape index (κ1) is 29.2. The van der Waals surface area contributed by atoms with E-state index in [1.807, 2.05) is 4.90 Å². The van der Waals surface area contributed by atoms with Gasteiger partial charge in [0.2, 0.25) is 5.91 Å². The van der Waals surface area contributed by atoms with Crippen LogP contribution in [-0.4, -0.2) is 74.1 Å². The number of allylic oxidation sites excluding steroid dienone is 1. The number of carbonyl (C=O) groups is 3. The van der Waals surface area contributed by atoms with Crippen molar-refractivity contribution < 1.29 is 23.9 Å². The number of rotatable bonds is 6. The lowest BCUT2D eigenvalue weighted by atomic mass is 9.79. The minimum atomic E-state index is -0.985. The van der Waals surface area contributed by atoms with Gasteiger partial charge in [0, 0.05) is 59.2 Å². The summed E-state index contributed by atoms with van der Waals surface area (Å²) in [5.41, 5.74) is 4.25. The zero-order valence-corrected chi connectivity index (χ0v) is 24.8. The molecule has 0 spiro atoms. The predicted molar refractivity (Wildman–Crippen MR) is 157 cm³/mol. The van der Waals surface area contributed by atoms with Gasteiger partial charge in [0.1, 0.15) is 0 Å². The van der Waals surface area contributed by atoms with Crippen molar-refractivity contribution in [1.29, 1.82) is 0 Å². The van der Waals surface area contributed by atoms with Crippen LogP contribution >= 0.6 is 23.2 Å². The minimum Gasteiger partial charge on any atom is -0.466 e. The highest BCUT2D eigenvalue weighted by atomic mass is 35.5. The highest BCUT2D eigenvalue weighted by molar-refractivity contribution is 6.36. The van der Waals surface area contributed by atoms with E-state index in [4.69, 9.17) is 32.7 Å². The van der Waals surface area contributed by atoms with E-state index in [1.165, 1.54) is 25.3 Å². The maximum atomic E-state index is 13.6. The van der Waals surface area contributed by atoms with Crippen molar-refractivity contribution in [2.24, 2.45) is 0 Å². The fourth-order valence-corrected chi connectivity index (χ4v) is 6.85. The number of nitrogens with zero attached hydrogens (tertiary/aromatic N) is 2. The fraction of sp³-hybridized carbons (Fsp3) is 0.387. The zero-order valence-electron chi connectivity index (χ0n) is 23.3. The van der Waals surface area contributed by atoms with Gasteiger partial charge in [-0.3, -0.25) is 9.69 Å². The summed E-state index contributed by atoms with van der Waals surface area (Å²) in [5.74, 6) is -2.45. The molecule has 3 aliphatic rings. The van der Waals surface area contributed by atoms with Crippen molar-refractivity contribution in [2.75, 3.05) is 40.4 Å². The number of methoxy groups -OCH3 is 2. The third-order valence-electron chi connectivity index (χ3n) is 8.28. The van der Waals surface area contributed by atoms with Gasteiger partial charge in [-0.05, 0) is 43.0 Å². The molecule has 10 heteroatoms. The third-order valence-corrected chi connectivity index (χ3v) is 8.94. The Kier molecular flexibility index (Phi) is 8.73. The molecule has 1 unspecified atom stereocenters. The summed E-state index contributed by atoms with van der Waals surface area (Å²) in [7, 11) is 2.52. The van der Waals surface area contributed by atoms with Crippen molar-refractivity contribution in [3.63, 3.8) is 0 Å². The first-order valence-corrected chi connectivity index (χ1v) is 14.4. The molecule has 1 atom stereocenters. The van der Waals surface area contributed by atoms with Crippen molar-refractivity contribution in [1.82, 2.24) is 15.1 Å². The van der Waals surface area contributed by atoms with Gasteiger partial charge in [-0.1, -0.05) is 53.5 Å². The Balaban J connectivity index is 1.39. The standard InChI is InChI=1S/C31H33Cl2N3O5/c1-18-26(30(38)40-2)29(27-22(32)9-6-10-23(27)33)28(31(39)41-3)24(34-18)17-25(37)36-13-11-35(12-14-36)21-15-19-7-4-5-8-20(19)16-21/h4-10,21,29,34H,11-17H2,1-3H3. The molecule has 0 aromatic heterocycles. The Labute approximate surface area is 249 Å². The van der Waals surface area contributed by atoms with Crippen LogP contribution in [-0.2, 0) is 36.7 Å². The van der Waals surface area contributed by atoms with Gasteiger partial charge in [-0.15, -0.1) is 0 Å². The Hall–Kier alpha value is -3.33. The summed E-state index contributed by atoms with van der Waals surface area (Å²) >= 11 is 13.2. The zero-order chi connectivity index (χ0) is 29.3. The van der Waals surface area contributed by atoms with Crippen LogP contribution in [0, 0.1) is 0 Å². The molecule has 1 saturated heterocycles. The van der Waals surface area contributed by atoms with Crippen molar-refractivity contribution in [3.8, 4) is 0 Å². The van der Waals surface area contributed by atoms with Gasteiger partial charge >= 0.3 is 11.9 Å². The van der Waals surface area contributed by atoms with Crippen LogP contribution in [0.4, 0.5) is 0 Å². The molecule has 0 radical (unpaired) electrons. The number of fused-ring (bicyclic) bond motifs is 1. The number of ether oxygens (including phenoxy) is 2. The molecular formula is C31H33Cl2N3O5. The Bertz CT molecular complexity index is 1400. The molecule has 216 valence electrons. The lowest BCUT2D eigenvalue weighted by Gasteiger charge is -2.38. The number of amides is 1.